The van der Waals surface area contributed by atoms with Gasteiger partial charge in [0.1, 0.15) is 11.8 Å². The summed E-state index contributed by atoms with van der Waals surface area (Å²) in [6.45, 7) is 0. The van der Waals surface area contributed by atoms with Crippen LogP contribution in [0.15, 0.2) is 39.7 Å². The molecule has 0 saturated heterocycles. The molecule has 0 fully saturated rings. The molecule has 0 atom stereocenters. The first kappa shape index (κ1) is 10.9. The molecule has 0 unspecified atom stereocenters. The molecule has 0 aliphatic rings. The van der Waals surface area contributed by atoms with E-state index in [0.717, 1.165) is 6.08 Å². The maximum absolute atomic E-state index is 11.9. The van der Waals surface area contributed by atoms with E-state index < -0.39 is 5.97 Å². The maximum atomic E-state index is 11.9. The monoisotopic (exact) mass is 231 g/mol. The number of anilines is 1. The Morgan fingerprint density at radius 3 is 2.88 bits per heavy atom. The number of aliphatic carboxylic acids is 1. The number of carboxylic acid groups (broad SMARTS) is 1. The molecule has 5 nitrogen and oxygen atoms in total. The van der Waals surface area contributed by atoms with Gasteiger partial charge in [0.2, 0.25) is 0 Å². The van der Waals surface area contributed by atoms with Gasteiger partial charge in [-0.2, -0.15) is 0 Å². The summed E-state index contributed by atoms with van der Waals surface area (Å²) in [6, 6.07) is 4.72. The molecule has 3 N–H and O–H groups in total. The topological polar surface area (TPSA) is 93.5 Å². The minimum atomic E-state index is -1.13. The van der Waals surface area contributed by atoms with Crippen molar-refractivity contribution in [3.63, 3.8) is 0 Å². The fraction of sp³-hybridized carbons (Fsp3) is 0. The summed E-state index contributed by atoms with van der Waals surface area (Å²) in [5.41, 5.74) is 6.30. The van der Waals surface area contributed by atoms with E-state index in [4.69, 9.17) is 15.3 Å². The van der Waals surface area contributed by atoms with Gasteiger partial charge in [-0.3, -0.25) is 4.79 Å². The molecule has 17 heavy (non-hydrogen) atoms. The van der Waals surface area contributed by atoms with Crippen LogP contribution < -0.4 is 11.2 Å². The molecule has 0 aliphatic heterocycles. The number of carbonyl (C=O) groups is 1. The molecule has 0 aliphatic carbocycles. The summed E-state index contributed by atoms with van der Waals surface area (Å²) < 4.78 is 5.21. The Morgan fingerprint density at radius 2 is 2.18 bits per heavy atom. The van der Waals surface area contributed by atoms with Gasteiger partial charge in [-0.25, -0.2) is 4.79 Å². The highest BCUT2D eigenvalue weighted by atomic mass is 16.4. The van der Waals surface area contributed by atoms with Crippen LogP contribution in [0.1, 0.15) is 5.56 Å². The van der Waals surface area contributed by atoms with Crippen LogP contribution in [0, 0.1) is 0 Å². The van der Waals surface area contributed by atoms with Crippen molar-refractivity contribution in [2.45, 2.75) is 0 Å². The molecule has 2 rings (SSSR count). The summed E-state index contributed by atoms with van der Waals surface area (Å²) in [5, 5.41) is 8.81. The lowest BCUT2D eigenvalue weighted by atomic mass is 10.1. The normalized spacial score (nSPS) is 11.1. The van der Waals surface area contributed by atoms with Crippen LogP contribution >= 0.6 is 0 Å². The van der Waals surface area contributed by atoms with E-state index in [1.54, 1.807) is 12.1 Å². The smallest absolute Gasteiger partial charge is 0.328 e. The molecule has 86 valence electrons. The average Bonchev–Trinajstić information content (AvgIpc) is 2.29. The van der Waals surface area contributed by atoms with Gasteiger partial charge < -0.3 is 15.3 Å². The first-order valence-electron chi connectivity index (χ1n) is 4.80. The Hall–Kier alpha value is -2.56. The third kappa shape index (κ3) is 2.17. The minimum absolute atomic E-state index is 0.172. The second-order valence-corrected chi connectivity index (χ2v) is 3.45. The van der Waals surface area contributed by atoms with Crippen molar-refractivity contribution in [3.05, 3.63) is 46.3 Å². The number of nitrogen functional groups attached to an aromatic ring is 1. The Kier molecular flexibility index (Phi) is 2.66. The summed E-state index contributed by atoms with van der Waals surface area (Å²) in [6.07, 6.45) is 3.29. The first-order chi connectivity index (χ1) is 8.08. The lowest BCUT2D eigenvalue weighted by molar-refractivity contribution is -0.131. The van der Waals surface area contributed by atoms with Crippen LogP contribution in [0.25, 0.3) is 17.0 Å². The molecule has 0 amide bonds. The summed E-state index contributed by atoms with van der Waals surface area (Å²) in [5.74, 6) is -1.13. The van der Waals surface area contributed by atoms with Crippen LogP contribution in [0.3, 0.4) is 0 Å². The molecule has 1 aromatic carbocycles. The number of rotatable bonds is 2. The lowest BCUT2D eigenvalue weighted by Gasteiger charge is -1.99. The van der Waals surface area contributed by atoms with E-state index >= 15 is 0 Å². The molecule has 0 saturated carbocycles. The number of fused-ring (bicyclic) bond motifs is 1. The molecule has 5 heteroatoms. The fourth-order valence-corrected chi connectivity index (χ4v) is 1.44. The highest BCUT2D eigenvalue weighted by molar-refractivity contribution is 5.87. The molecular weight excluding hydrogens is 222 g/mol. The van der Waals surface area contributed by atoms with Gasteiger partial charge in [-0.1, -0.05) is 0 Å². The number of nitrogens with two attached hydrogens (primary N) is 1. The van der Waals surface area contributed by atoms with Crippen LogP contribution in [0.2, 0.25) is 0 Å². The average molecular weight is 231 g/mol. The van der Waals surface area contributed by atoms with Gasteiger partial charge in [0.05, 0.1) is 10.9 Å². The number of hydrogen-bond donors (Lipinski definition) is 2. The van der Waals surface area contributed by atoms with Gasteiger partial charge in [-0.05, 0) is 24.3 Å². The van der Waals surface area contributed by atoms with E-state index in [1.807, 2.05) is 0 Å². The van der Waals surface area contributed by atoms with E-state index in [-0.39, 0.29) is 11.0 Å². The van der Waals surface area contributed by atoms with Crippen LogP contribution in [-0.2, 0) is 4.79 Å². The predicted octanol–water partition coefficient (Wildman–Crippen LogP) is 1.47. The standard InChI is InChI=1S/C12H9NO4/c13-8-2-3-10-9(5-8)12(16)7(6-17-10)1-4-11(14)15/h1-6H,13H2,(H,14,15)/b4-1+. The van der Waals surface area contributed by atoms with Crippen molar-refractivity contribution in [1.29, 1.82) is 0 Å². The Labute approximate surface area is 95.8 Å². The molecule has 0 bridgehead atoms. The van der Waals surface area contributed by atoms with Crippen molar-refractivity contribution in [1.82, 2.24) is 0 Å². The summed E-state index contributed by atoms with van der Waals surface area (Å²) in [4.78, 5) is 22.3. The zero-order valence-electron chi connectivity index (χ0n) is 8.71. The van der Waals surface area contributed by atoms with Crippen LogP contribution in [0.5, 0.6) is 0 Å². The maximum Gasteiger partial charge on any atom is 0.328 e. The number of benzene rings is 1. The summed E-state index contributed by atoms with van der Waals surface area (Å²) >= 11 is 0. The van der Waals surface area contributed by atoms with E-state index in [1.165, 1.54) is 18.4 Å². The van der Waals surface area contributed by atoms with Crippen LogP contribution in [0.4, 0.5) is 5.69 Å². The van der Waals surface area contributed by atoms with Crippen molar-refractivity contribution in [2.75, 3.05) is 5.73 Å². The molecular formula is C12H9NO4. The van der Waals surface area contributed by atoms with Gasteiger partial charge in [0, 0.05) is 11.8 Å². The molecule has 0 spiro atoms. The third-order valence-corrected chi connectivity index (χ3v) is 2.23. The van der Waals surface area contributed by atoms with E-state index in [0.29, 0.717) is 16.7 Å². The van der Waals surface area contributed by atoms with Crippen molar-refractivity contribution < 1.29 is 14.3 Å². The molecule has 2 aromatic rings. The molecule has 1 aromatic heterocycles. The number of hydrogen-bond acceptors (Lipinski definition) is 4. The van der Waals surface area contributed by atoms with Crippen molar-refractivity contribution >= 4 is 28.7 Å². The van der Waals surface area contributed by atoms with Gasteiger partial charge in [-0.15, -0.1) is 0 Å². The predicted molar refractivity (Wildman–Crippen MR) is 63.6 cm³/mol. The van der Waals surface area contributed by atoms with E-state index in [9.17, 15) is 9.59 Å². The van der Waals surface area contributed by atoms with Crippen LogP contribution in [-0.4, -0.2) is 11.1 Å². The highest BCUT2D eigenvalue weighted by Crippen LogP contribution is 2.15. The SMILES string of the molecule is Nc1ccc2occ(/C=C/C(=O)O)c(=O)c2c1. The van der Waals surface area contributed by atoms with Gasteiger partial charge >= 0.3 is 5.97 Å². The van der Waals surface area contributed by atoms with Crippen molar-refractivity contribution in [2.24, 2.45) is 0 Å². The number of carboxylic acids is 1. The van der Waals surface area contributed by atoms with Crippen molar-refractivity contribution in [3.8, 4) is 0 Å². The Balaban J connectivity index is 2.65. The summed E-state index contributed by atoms with van der Waals surface area (Å²) in [7, 11) is 0. The molecule has 1 heterocycles. The van der Waals surface area contributed by atoms with E-state index in [2.05, 4.69) is 0 Å². The highest BCUT2D eigenvalue weighted by Gasteiger charge is 2.05. The first-order valence-corrected chi connectivity index (χ1v) is 4.80. The molecule has 0 radical (unpaired) electrons. The largest absolute Gasteiger partial charge is 0.478 e. The fourth-order valence-electron chi connectivity index (χ4n) is 1.44. The second kappa shape index (κ2) is 4.13. The quantitative estimate of drug-likeness (QED) is 0.603. The Morgan fingerprint density at radius 1 is 1.41 bits per heavy atom. The van der Waals surface area contributed by atoms with Gasteiger partial charge in [0.15, 0.2) is 5.43 Å². The zero-order valence-corrected chi connectivity index (χ0v) is 8.71. The Bertz CT molecular complexity index is 670. The van der Waals surface area contributed by atoms with Gasteiger partial charge in [0.25, 0.3) is 0 Å². The second-order valence-electron chi connectivity index (χ2n) is 3.45. The minimum Gasteiger partial charge on any atom is -0.478 e. The lowest BCUT2D eigenvalue weighted by Crippen LogP contribution is -2.05. The zero-order chi connectivity index (χ0) is 12.4. The third-order valence-electron chi connectivity index (χ3n) is 2.23.